The van der Waals surface area contributed by atoms with Crippen LogP contribution in [0.3, 0.4) is 0 Å². The first-order valence-corrected chi connectivity index (χ1v) is 11.0. The molecule has 31 heavy (non-hydrogen) atoms. The van der Waals surface area contributed by atoms with Gasteiger partial charge in [-0.2, -0.15) is 0 Å². The van der Waals surface area contributed by atoms with Gasteiger partial charge in [-0.05, 0) is 30.0 Å². The normalized spacial score (nSPS) is 15.8. The first-order valence-electron chi connectivity index (χ1n) is 10.1. The van der Waals surface area contributed by atoms with Crippen molar-refractivity contribution in [3.05, 3.63) is 51.7 Å². The van der Waals surface area contributed by atoms with E-state index in [4.69, 9.17) is 14.5 Å². The molecule has 2 heterocycles. The third-order valence-corrected chi connectivity index (χ3v) is 5.60. The lowest BCUT2D eigenvalue weighted by atomic mass is 10.1. The molecular weight excluding hydrogens is 527 g/mol. The van der Waals surface area contributed by atoms with E-state index in [0.717, 1.165) is 29.9 Å². The minimum absolute atomic E-state index is 0. The van der Waals surface area contributed by atoms with Gasteiger partial charge in [0.1, 0.15) is 11.9 Å². The van der Waals surface area contributed by atoms with E-state index < -0.39 is 0 Å². The molecule has 1 aromatic heterocycles. The maximum atomic E-state index is 12.0. The van der Waals surface area contributed by atoms with E-state index in [1.807, 2.05) is 30.5 Å². The van der Waals surface area contributed by atoms with Crippen molar-refractivity contribution in [2.75, 3.05) is 33.9 Å². The predicted octanol–water partition coefficient (Wildman–Crippen LogP) is 3.17. The largest absolute Gasteiger partial charge is 0.488 e. The second kappa shape index (κ2) is 12.9. The number of guanidine groups is 1. The number of nitrogens with one attached hydrogen (secondary N) is 2. The number of carbonyl (C=O) groups is 1. The summed E-state index contributed by atoms with van der Waals surface area (Å²) in [6.45, 7) is 4.69. The molecule has 0 radical (unpaired) electrons. The van der Waals surface area contributed by atoms with Crippen molar-refractivity contribution in [3.8, 4) is 5.75 Å². The number of thiophene rings is 1. The molecule has 1 aromatic carbocycles. The van der Waals surface area contributed by atoms with Crippen LogP contribution in [0.15, 0.2) is 40.7 Å². The number of aliphatic imine (C=N–C) groups is 1. The topological polar surface area (TPSA) is 75.2 Å². The number of aryl methyl sites for hydroxylation is 1. The summed E-state index contributed by atoms with van der Waals surface area (Å²) in [6, 6.07) is 10.2. The molecule has 0 bridgehead atoms. The zero-order chi connectivity index (χ0) is 21.3. The highest BCUT2D eigenvalue weighted by Gasteiger charge is 2.18. The van der Waals surface area contributed by atoms with Gasteiger partial charge in [0.2, 0.25) is 5.91 Å². The Morgan fingerprint density at radius 2 is 2.16 bits per heavy atom. The average Bonchev–Trinajstić information content (AvgIpc) is 3.42. The summed E-state index contributed by atoms with van der Waals surface area (Å²) in [7, 11) is 3.48. The number of hydrogen-bond donors (Lipinski definition) is 2. The summed E-state index contributed by atoms with van der Waals surface area (Å²) in [6.07, 6.45) is 0.986. The highest BCUT2D eigenvalue weighted by Crippen LogP contribution is 2.24. The highest BCUT2D eigenvalue weighted by molar-refractivity contribution is 14.0. The van der Waals surface area contributed by atoms with Crippen molar-refractivity contribution >= 4 is 47.2 Å². The van der Waals surface area contributed by atoms with Crippen LogP contribution >= 0.6 is 35.3 Å². The molecule has 1 amide bonds. The molecule has 1 aliphatic rings. The molecule has 1 atom stereocenters. The van der Waals surface area contributed by atoms with E-state index in [-0.39, 0.29) is 42.5 Å². The first kappa shape index (κ1) is 25.4. The minimum Gasteiger partial charge on any atom is -0.488 e. The van der Waals surface area contributed by atoms with Crippen molar-refractivity contribution in [1.29, 1.82) is 0 Å². The van der Waals surface area contributed by atoms with Crippen LogP contribution in [0.1, 0.15) is 22.4 Å². The number of ether oxygens (including phenoxy) is 2. The van der Waals surface area contributed by atoms with E-state index >= 15 is 0 Å². The van der Waals surface area contributed by atoms with E-state index in [1.165, 1.54) is 4.88 Å². The number of amides is 1. The van der Waals surface area contributed by atoms with Crippen LogP contribution in [0.2, 0.25) is 0 Å². The number of likely N-dealkylation sites (N-methyl/N-ethyl adjacent to an activating group) is 1. The Labute approximate surface area is 205 Å². The molecule has 9 heteroatoms. The van der Waals surface area contributed by atoms with E-state index in [2.05, 4.69) is 22.8 Å². The Morgan fingerprint density at radius 3 is 2.84 bits per heavy atom. The maximum absolute atomic E-state index is 12.0. The fraction of sp³-hybridized carbons (Fsp3) is 0.455. The zero-order valence-corrected chi connectivity index (χ0v) is 21.4. The Kier molecular flexibility index (Phi) is 10.6. The van der Waals surface area contributed by atoms with Crippen molar-refractivity contribution < 1.29 is 14.3 Å². The van der Waals surface area contributed by atoms with Crippen LogP contribution in [-0.4, -0.2) is 56.7 Å². The Bertz CT molecular complexity index is 852. The standard InChI is InChI=1S/C22H30N4O3S.HI/c1-16-6-7-17(20(11-16)29-18-8-9-28-15-18)12-23-22(25-14-21(27)26(2)3)24-13-19-5-4-10-30-19;/h4-7,10-11,18H,8-9,12-15H2,1-3H3,(H2,23,24,25);1H. The molecule has 1 unspecified atom stereocenters. The number of benzene rings is 1. The van der Waals surface area contributed by atoms with Crippen LogP contribution in [0, 0.1) is 6.92 Å². The van der Waals surface area contributed by atoms with Gasteiger partial charge >= 0.3 is 0 Å². The molecule has 1 aliphatic heterocycles. The van der Waals surface area contributed by atoms with Crippen molar-refractivity contribution in [3.63, 3.8) is 0 Å². The fourth-order valence-electron chi connectivity index (χ4n) is 2.93. The molecule has 0 aliphatic carbocycles. The van der Waals surface area contributed by atoms with Crippen molar-refractivity contribution in [2.24, 2.45) is 4.99 Å². The summed E-state index contributed by atoms with van der Waals surface area (Å²) < 4.78 is 11.6. The van der Waals surface area contributed by atoms with Gasteiger partial charge in [0.25, 0.3) is 0 Å². The molecule has 0 saturated carbocycles. The average molecular weight is 558 g/mol. The van der Waals surface area contributed by atoms with E-state index in [1.54, 1.807) is 30.3 Å². The van der Waals surface area contributed by atoms with Gasteiger partial charge in [-0.15, -0.1) is 35.3 Å². The summed E-state index contributed by atoms with van der Waals surface area (Å²) >= 11 is 1.68. The van der Waals surface area contributed by atoms with Gasteiger partial charge in [0.05, 0.1) is 32.8 Å². The van der Waals surface area contributed by atoms with E-state index in [9.17, 15) is 4.79 Å². The van der Waals surface area contributed by atoms with Gasteiger partial charge in [0, 0.05) is 31.0 Å². The molecule has 170 valence electrons. The number of rotatable bonds is 8. The summed E-state index contributed by atoms with van der Waals surface area (Å²) in [5.41, 5.74) is 2.14. The summed E-state index contributed by atoms with van der Waals surface area (Å²) in [4.78, 5) is 19.5. The summed E-state index contributed by atoms with van der Waals surface area (Å²) in [5, 5.41) is 8.48. The van der Waals surface area contributed by atoms with Gasteiger partial charge < -0.3 is 25.0 Å². The van der Waals surface area contributed by atoms with Crippen LogP contribution in [0.5, 0.6) is 5.75 Å². The zero-order valence-electron chi connectivity index (χ0n) is 18.2. The molecule has 7 nitrogen and oxygen atoms in total. The quantitative estimate of drug-likeness (QED) is 0.296. The monoisotopic (exact) mass is 558 g/mol. The molecule has 2 aromatic rings. The molecule has 1 fully saturated rings. The smallest absolute Gasteiger partial charge is 0.241 e. The van der Waals surface area contributed by atoms with E-state index in [0.29, 0.717) is 25.7 Å². The molecule has 3 rings (SSSR count). The maximum Gasteiger partial charge on any atom is 0.241 e. The number of halogens is 1. The Morgan fingerprint density at radius 1 is 1.32 bits per heavy atom. The predicted molar refractivity (Wildman–Crippen MR) is 135 cm³/mol. The molecular formula is C22H31IN4O3S. The lowest BCUT2D eigenvalue weighted by Crippen LogP contribution is -2.42. The Hall–Kier alpha value is -1.85. The molecule has 0 spiro atoms. The number of carbonyl (C=O) groups excluding carboxylic acids is 1. The summed E-state index contributed by atoms with van der Waals surface area (Å²) in [5.74, 6) is 1.42. The fourth-order valence-corrected chi connectivity index (χ4v) is 3.57. The second-order valence-electron chi connectivity index (χ2n) is 7.45. The SMILES string of the molecule is Cc1ccc(CN=C(NCC(=O)N(C)C)NCc2cccs2)c(OC2CCOC2)c1.I. The second-order valence-corrected chi connectivity index (χ2v) is 8.49. The third-order valence-electron chi connectivity index (χ3n) is 4.73. The van der Waals surface area contributed by atoms with Crippen LogP contribution in [-0.2, 0) is 22.6 Å². The van der Waals surface area contributed by atoms with Gasteiger partial charge in [0.15, 0.2) is 5.96 Å². The lowest BCUT2D eigenvalue weighted by Gasteiger charge is -2.17. The third kappa shape index (κ3) is 8.30. The van der Waals surface area contributed by atoms with Crippen molar-refractivity contribution in [1.82, 2.24) is 15.5 Å². The van der Waals surface area contributed by atoms with Gasteiger partial charge in [-0.1, -0.05) is 18.2 Å². The molecule has 2 N–H and O–H groups in total. The first-order chi connectivity index (χ1) is 14.5. The lowest BCUT2D eigenvalue weighted by molar-refractivity contribution is -0.127. The number of hydrogen-bond acceptors (Lipinski definition) is 5. The highest BCUT2D eigenvalue weighted by atomic mass is 127. The van der Waals surface area contributed by atoms with Crippen LogP contribution in [0.25, 0.3) is 0 Å². The van der Waals surface area contributed by atoms with Crippen molar-refractivity contribution in [2.45, 2.75) is 32.5 Å². The van der Waals surface area contributed by atoms with Gasteiger partial charge in [-0.25, -0.2) is 4.99 Å². The number of nitrogens with zero attached hydrogens (tertiary/aromatic N) is 2. The van der Waals surface area contributed by atoms with Gasteiger partial charge in [-0.3, -0.25) is 4.79 Å². The minimum atomic E-state index is -0.0128. The molecule has 1 saturated heterocycles. The van der Waals surface area contributed by atoms with Crippen LogP contribution in [0.4, 0.5) is 0 Å². The Balaban J connectivity index is 0.00000341. The van der Waals surface area contributed by atoms with Crippen LogP contribution < -0.4 is 15.4 Å².